The first-order chi connectivity index (χ1) is 7.70. The van der Waals surface area contributed by atoms with E-state index in [-0.39, 0.29) is 6.61 Å². The number of aliphatic hydroxyl groups is 1. The number of benzene rings is 1. The molecule has 0 aliphatic rings. The van der Waals surface area contributed by atoms with Crippen LogP contribution in [0.4, 0.5) is 0 Å². The van der Waals surface area contributed by atoms with Crippen molar-refractivity contribution in [3.63, 3.8) is 0 Å². The van der Waals surface area contributed by atoms with E-state index in [1.165, 1.54) is 23.1 Å². The number of halogens is 1. The van der Waals surface area contributed by atoms with Crippen LogP contribution in [0.1, 0.15) is 10.6 Å². The maximum absolute atomic E-state index is 9.22. The zero-order valence-electron chi connectivity index (χ0n) is 8.48. The predicted octanol–water partition coefficient (Wildman–Crippen LogP) is 3.14. The van der Waals surface area contributed by atoms with Crippen molar-refractivity contribution in [1.29, 1.82) is 0 Å². The first kappa shape index (κ1) is 11.9. The van der Waals surface area contributed by atoms with Gasteiger partial charge < -0.3 is 5.11 Å². The van der Waals surface area contributed by atoms with Gasteiger partial charge in [0.2, 0.25) is 0 Å². The Bertz CT molecular complexity index is 501. The molecule has 2 aromatic rings. The zero-order valence-corrected chi connectivity index (χ0v) is 10.9. The summed E-state index contributed by atoms with van der Waals surface area (Å²) in [5, 5.41) is 18.7. The molecule has 6 heteroatoms. The van der Waals surface area contributed by atoms with Gasteiger partial charge in [-0.15, -0.1) is 10.2 Å². The van der Waals surface area contributed by atoms with Gasteiger partial charge in [-0.25, -0.2) is 0 Å². The Morgan fingerprint density at radius 3 is 2.88 bits per heavy atom. The van der Waals surface area contributed by atoms with Crippen LogP contribution in [0.25, 0.3) is 0 Å². The highest BCUT2D eigenvalue weighted by Gasteiger charge is 2.10. The van der Waals surface area contributed by atoms with Crippen LogP contribution in [-0.4, -0.2) is 15.3 Å². The SMILES string of the molecule is Cc1nnc(Sc2c(Cl)cccc2CO)s1. The molecule has 1 aromatic heterocycles. The van der Waals surface area contributed by atoms with E-state index in [4.69, 9.17) is 11.6 Å². The first-order valence-corrected chi connectivity index (χ1v) is 6.58. The third kappa shape index (κ3) is 2.55. The second-order valence-electron chi connectivity index (χ2n) is 3.08. The van der Waals surface area contributed by atoms with Crippen molar-refractivity contribution in [2.24, 2.45) is 0 Å². The average molecular weight is 273 g/mol. The molecular weight excluding hydrogens is 264 g/mol. The Morgan fingerprint density at radius 1 is 1.44 bits per heavy atom. The largest absolute Gasteiger partial charge is 0.392 e. The number of aliphatic hydroxyl groups excluding tert-OH is 1. The zero-order chi connectivity index (χ0) is 11.5. The second kappa shape index (κ2) is 5.14. The van der Waals surface area contributed by atoms with E-state index in [0.29, 0.717) is 5.02 Å². The monoisotopic (exact) mass is 272 g/mol. The van der Waals surface area contributed by atoms with Crippen LogP contribution in [0, 0.1) is 6.92 Å². The van der Waals surface area contributed by atoms with Gasteiger partial charge in [0.25, 0.3) is 0 Å². The van der Waals surface area contributed by atoms with E-state index in [0.717, 1.165) is 19.8 Å². The fraction of sp³-hybridized carbons (Fsp3) is 0.200. The molecule has 1 aromatic carbocycles. The highest BCUT2D eigenvalue weighted by atomic mass is 35.5. The fourth-order valence-corrected chi connectivity index (χ4v) is 3.39. The summed E-state index contributed by atoms with van der Waals surface area (Å²) >= 11 is 9.04. The van der Waals surface area contributed by atoms with Crippen molar-refractivity contribution in [3.05, 3.63) is 33.8 Å². The first-order valence-electron chi connectivity index (χ1n) is 4.57. The van der Waals surface area contributed by atoms with Crippen LogP contribution in [0.15, 0.2) is 27.4 Å². The summed E-state index contributed by atoms with van der Waals surface area (Å²) in [5.74, 6) is 0. The fourth-order valence-electron chi connectivity index (χ4n) is 1.20. The van der Waals surface area contributed by atoms with Gasteiger partial charge in [0.1, 0.15) is 5.01 Å². The highest BCUT2D eigenvalue weighted by Crippen LogP contribution is 2.37. The molecule has 0 bridgehead atoms. The van der Waals surface area contributed by atoms with Crippen molar-refractivity contribution in [3.8, 4) is 0 Å². The minimum absolute atomic E-state index is 0.0271. The molecule has 0 fully saturated rings. The average Bonchev–Trinajstić information content (AvgIpc) is 2.67. The summed E-state index contributed by atoms with van der Waals surface area (Å²) in [4.78, 5) is 0.850. The lowest BCUT2D eigenvalue weighted by atomic mass is 10.2. The van der Waals surface area contributed by atoms with Gasteiger partial charge in [0, 0.05) is 4.90 Å². The van der Waals surface area contributed by atoms with Crippen LogP contribution in [0.2, 0.25) is 5.02 Å². The molecule has 1 N–H and O–H groups in total. The summed E-state index contributed by atoms with van der Waals surface area (Å²) < 4.78 is 0.834. The summed E-state index contributed by atoms with van der Waals surface area (Å²) in [6.07, 6.45) is 0. The van der Waals surface area contributed by atoms with E-state index >= 15 is 0 Å². The van der Waals surface area contributed by atoms with E-state index < -0.39 is 0 Å². The lowest BCUT2D eigenvalue weighted by Gasteiger charge is -2.06. The van der Waals surface area contributed by atoms with Crippen LogP contribution in [0.3, 0.4) is 0 Å². The molecule has 2 rings (SSSR count). The van der Waals surface area contributed by atoms with Crippen LogP contribution in [0.5, 0.6) is 0 Å². The van der Waals surface area contributed by atoms with Gasteiger partial charge in [0.15, 0.2) is 4.34 Å². The Labute approximate surface area is 106 Å². The Morgan fingerprint density at radius 2 is 2.25 bits per heavy atom. The van der Waals surface area contributed by atoms with E-state index in [2.05, 4.69) is 10.2 Å². The standard InChI is InChI=1S/C10H9ClN2OS2/c1-6-12-13-10(15-6)16-9-7(5-14)3-2-4-8(9)11/h2-4,14H,5H2,1H3. The normalized spacial score (nSPS) is 10.7. The maximum atomic E-state index is 9.22. The summed E-state index contributed by atoms with van der Waals surface area (Å²) in [6, 6.07) is 5.47. The molecule has 0 spiro atoms. The number of nitrogens with zero attached hydrogens (tertiary/aromatic N) is 2. The van der Waals surface area contributed by atoms with Gasteiger partial charge in [-0.05, 0) is 18.6 Å². The number of aryl methyl sites for hydroxylation is 1. The Hall–Kier alpha value is -0.620. The highest BCUT2D eigenvalue weighted by molar-refractivity contribution is 8.01. The minimum Gasteiger partial charge on any atom is -0.392 e. The maximum Gasteiger partial charge on any atom is 0.179 e. The molecule has 0 unspecified atom stereocenters. The molecule has 0 atom stereocenters. The van der Waals surface area contributed by atoms with Crippen molar-refractivity contribution in [2.45, 2.75) is 22.8 Å². The number of rotatable bonds is 3. The smallest absolute Gasteiger partial charge is 0.179 e. The van der Waals surface area contributed by atoms with E-state index in [1.54, 1.807) is 6.07 Å². The molecule has 0 aliphatic carbocycles. The topological polar surface area (TPSA) is 46.0 Å². The van der Waals surface area contributed by atoms with Crippen LogP contribution in [-0.2, 0) is 6.61 Å². The van der Waals surface area contributed by atoms with Gasteiger partial charge >= 0.3 is 0 Å². The molecule has 0 saturated heterocycles. The predicted molar refractivity (Wildman–Crippen MR) is 66.1 cm³/mol. The van der Waals surface area contributed by atoms with Gasteiger partial charge in [0.05, 0.1) is 11.6 Å². The molecule has 1 heterocycles. The Balaban J connectivity index is 2.33. The number of hydrogen-bond donors (Lipinski definition) is 1. The van der Waals surface area contributed by atoms with Gasteiger partial charge in [-0.3, -0.25) is 0 Å². The van der Waals surface area contributed by atoms with Crippen LogP contribution >= 0.6 is 34.7 Å². The number of aromatic nitrogens is 2. The summed E-state index contributed by atoms with van der Waals surface area (Å²) in [5.41, 5.74) is 0.811. The van der Waals surface area contributed by atoms with E-state index in [1.807, 2.05) is 19.1 Å². The number of hydrogen-bond acceptors (Lipinski definition) is 5. The van der Waals surface area contributed by atoms with Crippen molar-refractivity contribution in [1.82, 2.24) is 10.2 Å². The summed E-state index contributed by atoms with van der Waals surface area (Å²) in [6.45, 7) is 1.88. The van der Waals surface area contributed by atoms with Gasteiger partial charge in [-0.1, -0.05) is 46.8 Å². The van der Waals surface area contributed by atoms with E-state index in [9.17, 15) is 5.11 Å². The van der Waals surface area contributed by atoms with Crippen LogP contribution < -0.4 is 0 Å². The third-order valence-electron chi connectivity index (χ3n) is 1.92. The third-order valence-corrected chi connectivity index (χ3v) is 4.42. The molecule has 84 valence electrons. The summed E-state index contributed by atoms with van der Waals surface area (Å²) in [7, 11) is 0. The van der Waals surface area contributed by atoms with Crippen molar-refractivity contribution >= 4 is 34.7 Å². The lowest BCUT2D eigenvalue weighted by Crippen LogP contribution is -1.88. The molecular formula is C10H9ClN2OS2. The van der Waals surface area contributed by atoms with Crippen molar-refractivity contribution < 1.29 is 5.11 Å². The van der Waals surface area contributed by atoms with Crippen molar-refractivity contribution in [2.75, 3.05) is 0 Å². The molecule has 0 aliphatic heterocycles. The lowest BCUT2D eigenvalue weighted by molar-refractivity contribution is 0.279. The quantitative estimate of drug-likeness (QED) is 0.932. The Kier molecular flexibility index (Phi) is 3.81. The minimum atomic E-state index is -0.0271. The van der Waals surface area contributed by atoms with Gasteiger partial charge in [-0.2, -0.15) is 0 Å². The molecule has 16 heavy (non-hydrogen) atoms. The molecule has 0 radical (unpaired) electrons. The molecule has 3 nitrogen and oxygen atoms in total. The molecule has 0 amide bonds. The second-order valence-corrected chi connectivity index (χ2v) is 5.92. The molecule has 0 saturated carbocycles.